The number of hydrogen-bond donors (Lipinski definition) is 3. The van der Waals surface area contributed by atoms with Crippen LogP contribution < -0.4 is 10.1 Å². The van der Waals surface area contributed by atoms with E-state index in [-0.39, 0.29) is 12.5 Å². The first-order valence-corrected chi connectivity index (χ1v) is 6.70. The van der Waals surface area contributed by atoms with Crippen LogP contribution in [0.3, 0.4) is 0 Å². The monoisotopic (exact) mass is 289 g/mol. The Morgan fingerprint density at radius 1 is 1.24 bits per heavy atom. The predicted octanol–water partition coefficient (Wildman–Crippen LogP) is 1.38. The maximum Gasteiger partial charge on any atom is 0.216 e. The maximum atomic E-state index is 10.9. The number of nitrogens with one attached hydrogen (secondary N) is 1. The van der Waals surface area contributed by atoms with Crippen LogP contribution in [-0.2, 0) is 4.79 Å². The van der Waals surface area contributed by atoms with Gasteiger partial charge in [-0.15, -0.1) is 0 Å². The lowest BCUT2D eigenvalue weighted by atomic mass is 9.96. The number of fused-ring (bicyclic) bond motifs is 1. The quantitative estimate of drug-likeness (QED) is 0.777. The van der Waals surface area contributed by atoms with Gasteiger partial charge in [-0.3, -0.25) is 4.79 Å². The van der Waals surface area contributed by atoms with Crippen LogP contribution in [0.5, 0.6) is 5.75 Å². The number of benzene rings is 2. The first-order valence-electron chi connectivity index (χ1n) is 6.70. The fourth-order valence-electron chi connectivity index (χ4n) is 2.31. The number of aliphatic hydroxyl groups excluding tert-OH is 2. The second-order valence-electron chi connectivity index (χ2n) is 4.85. The zero-order chi connectivity index (χ0) is 15.4. The molecule has 0 radical (unpaired) electrons. The van der Waals surface area contributed by atoms with Gasteiger partial charge in [-0.1, -0.05) is 30.3 Å². The Labute approximate surface area is 123 Å². The van der Waals surface area contributed by atoms with Crippen molar-refractivity contribution in [2.24, 2.45) is 0 Å². The van der Waals surface area contributed by atoms with E-state index in [1.807, 2.05) is 30.3 Å². The molecule has 0 fully saturated rings. The molecule has 0 aliphatic heterocycles. The summed E-state index contributed by atoms with van der Waals surface area (Å²) in [4.78, 5) is 10.9. The summed E-state index contributed by atoms with van der Waals surface area (Å²) in [5.74, 6) is 0.245. The molecule has 5 heteroatoms. The second-order valence-corrected chi connectivity index (χ2v) is 4.85. The molecule has 0 heterocycles. The van der Waals surface area contributed by atoms with Gasteiger partial charge in [0.15, 0.2) is 0 Å². The number of methoxy groups -OCH3 is 1. The maximum absolute atomic E-state index is 10.9. The van der Waals surface area contributed by atoms with Gasteiger partial charge < -0.3 is 20.3 Å². The van der Waals surface area contributed by atoms with E-state index < -0.39 is 12.2 Å². The average molecular weight is 289 g/mol. The normalized spacial score (nSPS) is 13.7. The first-order chi connectivity index (χ1) is 10.0. The minimum absolute atomic E-state index is 0.0249. The van der Waals surface area contributed by atoms with Gasteiger partial charge in [-0.2, -0.15) is 0 Å². The molecule has 0 bridgehead atoms. The summed E-state index contributed by atoms with van der Waals surface area (Å²) in [7, 11) is 1.51. The van der Waals surface area contributed by atoms with Crippen LogP contribution in [0.2, 0.25) is 0 Å². The highest BCUT2D eigenvalue weighted by atomic mass is 16.5. The SMILES string of the molecule is COc1ccc2ccccc2c1C(O)C(O)CNC(C)=O. The topological polar surface area (TPSA) is 78.8 Å². The minimum atomic E-state index is -1.15. The fourth-order valence-corrected chi connectivity index (χ4v) is 2.31. The summed E-state index contributed by atoms with van der Waals surface area (Å²) in [6, 6.07) is 11.2. The molecular weight excluding hydrogens is 270 g/mol. The van der Waals surface area contributed by atoms with Crippen LogP contribution in [0, 0.1) is 0 Å². The highest BCUT2D eigenvalue weighted by Gasteiger charge is 2.24. The van der Waals surface area contributed by atoms with Crippen molar-refractivity contribution in [3.8, 4) is 5.75 Å². The molecule has 0 saturated carbocycles. The molecule has 0 aromatic heterocycles. The molecule has 2 aromatic rings. The van der Waals surface area contributed by atoms with Crippen molar-refractivity contribution < 1.29 is 19.7 Å². The molecule has 0 spiro atoms. The third-order valence-corrected chi connectivity index (χ3v) is 3.37. The Kier molecular flexibility index (Phi) is 4.77. The van der Waals surface area contributed by atoms with Crippen molar-refractivity contribution in [1.82, 2.24) is 5.32 Å². The van der Waals surface area contributed by atoms with Crippen LogP contribution in [0.15, 0.2) is 36.4 Å². The molecule has 1 amide bonds. The number of amides is 1. The molecule has 5 nitrogen and oxygen atoms in total. The molecule has 0 aliphatic rings. The van der Waals surface area contributed by atoms with Crippen molar-refractivity contribution >= 4 is 16.7 Å². The second kappa shape index (κ2) is 6.56. The number of rotatable bonds is 5. The van der Waals surface area contributed by atoms with Crippen molar-refractivity contribution in [3.63, 3.8) is 0 Å². The third kappa shape index (κ3) is 3.32. The number of hydrogen-bond acceptors (Lipinski definition) is 4. The lowest BCUT2D eigenvalue weighted by Gasteiger charge is -2.22. The fraction of sp³-hybridized carbons (Fsp3) is 0.312. The Morgan fingerprint density at radius 3 is 2.62 bits per heavy atom. The Bertz CT molecular complexity index is 641. The predicted molar refractivity (Wildman–Crippen MR) is 80.2 cm³/mol. The summed E-state index contributed by atoms with van der Waals surface area (Å²) in [6.07, 6.45) is -2.27. The molecule has 2 aromatic carbocycles. The molecule has 21 heavy (non-hydrogen) atoms. The standard InChI is InChI=1S/C16H19NO4/c1-10(18)17-9-13(19)16(20)15-12-6-4-3-5-11(12)7-8-14(15)21-2/h3-8,13,16,19-20H,9H2,1-2H3,(H,17,18). The van der Waals surface area contributed by atoms with E-state index in [4.69, 9.17) is 4.74 Å². The van der Waals surface area contributed by atoms with Crippen LogP contribution >= 0.6 is 0 Å². The lowest BCUT2D eigenvalue weighted by Crippen LogP contribution is -2.34. The molecule has 2 unspecified atom stereocenters. The van der Waals surface area contributed by atoms with Gasteiger partial charge in [0, 0.05) is 19.0 Å². The Morgan fingerprint density at radius 2 is 1.95 bits per heavy atom. The van der Waals surface area contributed by atoms with Crippen LogP contribution in [0.1, 0.15) is 18.6 Å². The van der Waals surface area contributed by atoms with Gasteiger partial charge >= 0.3 is 0 Å². The number of carbonyl (C=O) groups is 1. The van der Waals surface area contributed by atoms with Gasteiger partial charge in [-0.05, 0) is 16.8 Å². The van der Waals surface area contributed by atoms with Gasteiger partial charge in [-0.25, -0.2) is 0 Å². The zero-order valence-electron chi connectivity index (χ0n) is 12.0. The molecule has 0 aliphatic carbocycles. The summed E-state index contributed by atoms with van der Waals surface area (Å²) in [6.45, 7) is 1.33. The lowest BCUT2D eigenvalue weighted by molar-refractivity contribution is -0.119. The van der Waals surface area contributed by atoms with E-state index in [9.17, 15) is 15.0 Å². The van der Waals surface area contributed by atoms with E-state index in [1.54, 1.807) is 6.07 Å². The van der Waals surface area contributed by atoms with Gasteiger partial charge in [0.05, 0.1) is 7.11 Å². The van der Waals surface area contributed by atoms with Crippen molar-refractivity contribution in [2.75, 3.05) is 13.7 Å². The summed E-state index contributed by atoms with van der Waals surface area (Å²) in [5, 5.41) is 24.8. The molecule has 2 rings (SSSR count). The summed E-state index contributed by atoms with van der Waals surface area (Å²) in [5.41, 5.74) is 0.522. The number of carbonyl (C=O) groups excluding carboxylic acids is 1. The van der Waals surface area contributed by atoms with Gasteiger partial charge in [0.2, 0.25) is 5.91 Å². The summed E-state index contributed by atoms with van der Waals surface area (Å²) >= 11 is 0. The zero-order valence-corrected chi connectivity index (χ0v) is 12.0. The molecular formula is C16H19NO4. The number of ether oxygens (including phenoxy) is 1. The van der Waals surface area contributed by atoms with Gasteiger partial charge in [0.1, 0.15) is 18.0 Å². The highest BCUT2D eigenvalue weighted by Crippen LogP contribution is 2.34. The van der Waals surface area contributed by atoms with E-state index in [0.717, 1.165) is 10.8 Å². The smallest absolute Gasteiger partial charge is 0.216 e. The van der Waals surface area contributed by atoms with Crippen LogP contribution in [0.4, 0.5) is 0 Å². The summed E-state index contributed by atoms with van der Waals surface area (Å²) < 4.78 is 5.29. The van der Waals surface area contributed by atoms with Crippen molar-refractivity contribution in [3.05, 3.63) is 42.0 Å². The molecule has 0 saturated heterocycles. The van der Waals surface area contributed by atoms with E-state index in [1.165, 1.54) is 14.0 Å². The average Bonchev–Trinajstić information content (AvgIpc) is 2.50. The van der Waals surface area contributed by atoms with Crippen molar-refractivity contribution in [1.29, 1.82) is 0 Å². The third-order valence-electron chi connectivity index (χ3n) is 3.37. The van der Waals surface area contributed by atoms with E-state index in [0.29, 0.717) is 11.3 Å². The Hall–Kier alpha value is -2.11. The molecule has 3 N–H and O–H groups in total. The van der Waals surface area contributed by atoms with Gasteiger partial charge in [0.25, 0.3) is 0 Å². The van der Waals surface area contributed by atoms with E-state index in [2.05, 4.69) is 5.32 Å². The minimum Gasteiger partial charge on any atom is -0.496 e. The van der Waals surface area contributed by atoms with Crippen LogP contribution in [-0.4, -0.2) is 35.9 Å². The molecule has 2 atom stereocenters. The Balaban J connectivity index is 2.40. The largest absolute Gasteiger partial charge is 0.496 e. The van der Waals surface area contributed by atoms with Crippen molar-refractivity contribution in [2.45, 2.75) is 19.1 Å². The highest BCUT2D eigenvalue weighted by molar-refractivity contribution is 5.88. The first kappa shape index (κ1) is 15.3. The van der Waals surface area contributed by atoms with Crippen LogP contribution in [0.25, 0.3) is 10.8 Å². The number of aliphatic hydroxyl groups is 2. The molecule has 112 valence electrons. The van der Waals surface area contributed by atoms with E-state index >= 15 is 0 Å².